The molecule has 3 heteroatoms. The lowest BCUT2D eigenvalue weighted by Crippen LogP contribution is -2.53. The van der Waals surface area contributed by atoms with Crippen LogP contribution in [-0.2, 0) is 9.53 Å². The Bertz CT molecular complexity index is 351. The molecule has 1 saturated heterocycles. The summed E-state index contributed by atoms with van der Waals surface area (Å²) >= 11 is 0. The number of nitrogens with one attached hydrogen (secondary N) is 1. The highest BCUT2D eigenvalue weighted by Crippen LogP contribution is 2.60. The molecule has 20 heavy (non-hydrogen) atoms. The molecule has 1 amide bonds. The molecule has 0 aromatic heterocycles. The summed E-state index contributed by atoms with van der Waals surface area (Å²) in [6.45, 7) is 2.66. The van der Waals surface area contributed by atoms with Gasteiger partial charge in [0.1, 0.15) is 0 Å². The maximum Gasteiger partial charge on any atom is 0.226 e. The molecule has 1 aliphatic heterocycles. The summed E-state index contributed by atoms with van der Waals surface area (Å²) in [4.78, 5) is 12.7. The third-order valence-electron chi connectivity index (χ3n) is 6.38. The Kier molecular flexibility index (Phi) is 3.29. The summed E-state index contributed by atoms with van der Waals surface area (Å²) in [6, 6.07) is 0. The monoisotopic (exact) mass is 277 g/mol. The molecule has 1 heterocycles. The van der Waals surface area contributed by atoms with Crippen LogP contribution in [0.1, 0.15) is 51.4 Å². The molecule has 0 spiro atoms. The van der Waals surface area contributed by atoms with E-state index in [4.69, 9.17) is 4.74 Å². The highest BCUT2D eigenvalue weighted by molar-refractivity contribution is 5.83. The van der Waals surface area contributed by atoms with E-state index in [1.54, 1.807) is 0 Å². The standard InChI is InChI=1S/C17H27NO2/c19-16(18-3-1-12-2-4-20-11-12)17-8-13-5-14(9-17)7-15(6-13)10-17/h12-15H,1-11H2,(H,18,19)/t12-,13?,14?,15?,17?/m0/s1. The van der Waals surface area contributed by atoms with Crippen molar-refractivity contribution in [3.8, 4) is 0 Å². The van der Waals surface area contributed by atoms with Gasteiger partial charge in [-0.2, -0.15) is 0 Å². The van der Waals surface area contributed by atoms with Gasteiger partial charge in [0.25, 0.3) is 0 Å². The van der Waals surface area contributed by atoms with Gasteiger partial charge in [-0.25, -0.2) is 0 Å². The minimum absolute atomic E-state index is 0.0287. The minimum Gasteiger partial charge on any atom is -0.381 e. The second kappa shape index (κ2) is 5.01. The van der Waals surface area contributed by atoms with Crippen LogP contribution in [0.5, 0.6) is 0 Å². The van der Waals surface area contributed by atoms with Crippen molar-refractivity contribution in [2.75, 3.05) is 19.8 Å². The minimum atomic E-state index is 0.0287. The maximum atomic E-state index is 12.7. The van der Waals surface area contributed by atoms with Crippen LogP contribution in [0.25, 0.3) is 0 Å². The van der Waals surface area contributed by atoms with Crippen molar-refractivity contribution >= 4 is 5.91 Å². The quantitative estimate of drug-likeness (QED) is 0.858. The Balaban J connectivity index is 1.33. The van der Waals surface area contributed by atoms with E-state index < -0.39 is 0 Å². The first-order valence-corrected chi connectivity index (χ1v) is 8.59. The normalized spacial score (nSPS) is 45.8. The van der Waals surface area contributed by atoms with E-state index >= 15 is 0 Å². The Morgan fingerprint density at radius 1 is 1.10 bits per heavy atom. The summed E-state index contributed by atoms with van der Waals surface area (Å²) in [5.41, 5.74) is 0.0287. The first-order chi connectivity index (χ1) is 9.73. The number of rotatable bonds is 4. The van der Waals surface area contributed by atoms with Crippen molar-refractivity contribution in [3.63, 3.8) is 0 Å². The Hall–Kier alpha value is -0.570. The van der Waals surface area contributed by atoms with E-state index in [2.05, 4.69) is 5.32 Å². The lowest BCUT2D eigenvalue weighted by atomic mass is 9.49. The topological polar surface area (TPSA) is 38.3 Å². The molecule has 0 aromatic rings. The van der Waals surface area contributed by atoms with Crippen molar-refractivity contribution in [3.05, 3.63) is 0 Å². The SMILES string of the molecule is O=C(NCC[C@H]1CCOC1)C12CC3CC(CC(C3)C1)C2. The van der Waals surface area contributed by atoms with Crippen LogP contribution in [0.3, 0.4) is 0 Å². The van der Waals surface area contributed by atoms with Crippen LogP contribution >= 0.6 is 0 Å². The van der Waals surface area contributed by atoms with Gasteiger partial charge in [-0.15, -0.1) is 0 Å². The van der Waals surface area contributed by atoms with Crippen molar-refractivity contribution < 1.29 is 9.53 Å². The molecule has 0 unspecified atom stereocenters. The van der Waals surface area contributed by atoms with E-state index in [0.29, 0.717) is 11.8 Å². The number of ether oxygens (including phenoxy) is 1. The predicted octanol–water partition coefficient (Wildman–Crippen LogP) is 2.75. The smallest absolute Gasteiger partial charge is 0.226 e. The number of hydrogen-bond acceptors (Lipinski definition) is 2. The van der Waals surface area contributed by atoms with Gasteiger partial charge in [0.2, 0.25) is 5.91 Å². The third kappa shape index (κ3) is 2.28. The first kappa shape index (κ1) is 13.1. The second-order valence-corrected chi connectivity index (χ2v) is 7.97. The summed E-state index contributed by atoms with van der Waals surface area (Å²) < 4.78 is 5.40. The molecular weight excluding hydrogens is 250 g/mol. The van der Waals surface area contributed by atoms with Crippen LogP contribution in [-0.4, -0.2) is 25.7 Å². The molecule has 5 aliphatic rings. The summed E-state index contributed by atoms with van der Waals surface area (Å²) in [5.74, 6) is 3.63. The molecular formula is C17H27NO2. The van der Waals surface area contributed by atoms with Gasteiger partial charge in [-0.1, -0.05) is 0 Å². The Labute approximate surface area is 121 Å². The second-order valence-electron chi connectivity index (χ2n) is 7.97. The molecule has 4 saturated carbocycles. The van der Waals surface area contributed by atoms with E-state index in [-0.39, 0.29) is 5.41 Å². The van der Waals surface area contributed by atoms with Crippen LogP contribution in [0.15, 0.2) is 0 Å². The van der Waals surface area contributed by atoms with E-state index in [9.17, 15) is 4.79 Å². The molecule has 1 N–H and O–H groups in total. The van der Waals surface area contributed by atoms with Crippen molar-refractivity contribution in [1.82, 2.24) is 5.32 Å². The first-order valence-electron chi connectivity index (χ1n) is 8.59. The summed E-state index contributed by atoms with van der Waals surface area (Å²) in [5, 5.41) is 3.27. The molecule has 5 fully saturated rings. The summed E-state index contributed by atoms with van der Waals surface area (Å²) in [6.07, 6.45) is 10.0. The van der Waals surface area contributed by atoms with Crippen molar-refractivity contribution in [2.45, 2.75) is 51.4 Å². The van der Waals surface area contributed by atoms with Gasteiger partial charge < -0.3 is 10.1 Å². The lowest BCUT2D eigenvalue weighted by molar-refractivity contribution is -0.146. The maximum absolute atomic E-state index is 12.7. The largest absolute Gasteiger partial charge is 0.381 e. The summed E-state index contributed by atoms with van der Waals surface area (Å²) in [7, 11) is 0. The molecule has 1 atom stereocenters. The van der Waals surface area contributed by atoms with Gasteiger partial charge in [0, 0.05) is 25.2 Å². The zero-order valence-electron chi connectivity index (χ0n) is 12.4. The van der Waals surface area contributed by atoms with E-state index in [1.807, 2.05) is 0 Å². The molecule has 0 radical (unpaired) electrons. The number of carbonyl (C=O) groups excluding carboxylic acids is 1. The molecule has 4 aliphatic carbocycles. The van der Waals surface area contributed by atoms with Gasteiger partial charge in [0.05, 0.1) is 0 Å². The third-order valence-corrected chi connectivity index (χ3v) is 6.38. The highest BCUT2D eigenvalue weighted by atomic mass is 16.5. The van der Waals surface area contributed by atoms with Crippen LogP contribution in [0.4, 0.5) is 0 Å². The van der Waals surface area contributed by atoms with Crippen LogP contribution < -0.4 is 5.32 Å². The molecule has 0 aromatic carbocycles. The Morgan fingerprint density at radius 2 is 1.75 bits per heavy atom. The number of amides is 1. The lowest BCUT2D eigenvalue weighted by Gasteiger charge is -2.55. The van der Waals surface area contributed by atoms with Gasteiger partial charge in [0.15, 0.2) is 0 Å². The van der Waals surface area contributed by atoms with Crippen LogP contribution in [0, 0.1) is 29.1 Å². The molecule has 4 bridgehead atoms. The fraction of sp³-hybridized carbons (Fsp3) is 0.941. The highest BCUT2D eigenvalue weighted by Gasteiger charge is 2.54. The number of carbonyl (C=O) groups is 1. The number of hydrogen-bond donors (Lipinski definition) is 1. The Morgan fingerprint density at radius 3 is 2.30 bits per heavy atom. The fourth-order valence-corrected chi connectivity index (χ4v) is 5.78. The van der Waals surface area contributed by atoms with E-state index in [1.165, 1.54) is 44.9 Å². The van der Waals surface area contributed by atoms with E-state index in [0.717, 1.165) is 43.9 Å². The molecule has 112 valence electrons. The van der Waals surface area contributed by atoms with Crippen molar-refractivity contribution in [2.24, 2.45) is 29.1 Å². The fourth-order valence-electron chi connectivity index (χ4n) is 5.78. The van der Waals surface area contributed by atoms with Crippen LogP contribution in [0.2, 0.25) is 0 Å². The van der Waals surface area contributed by atoms with Gasteiger partial charge in [-0.05, 0) is 75.0 Å². The molecule has 3 nitrogen and oxygen atoms in total. The zero-order valence-corrected chi connectivity index (χ0v) is 12.4. The average molecular weight is 277 g/mol. The van der Waals surface area contributed by atoms with Gasteiger partial charge >= 0.3 is 0 Å². The van der Waals surface area contributed by atoms with Crippen molar-refractivity contribution in [1.29, 1.82) is 0 Å². The molecule has 5 rings (SSSR count). The predicted molar refractivity (Wildman–Crippen MR) is 77.2 cm³/mol. The zero-order chi connectivity index (χ0) is 13.6. The van der Waals surface area contributed by atoms with Gasteiger partial charge in [-0.3, -0.25) is 4.79 Å². The average Bonchev–Trinajstić information content (AvgIpc) is 2.90.